The summed E-state index contributed by atoms with van der Waals surface area (Å²) >= 11 is 0. The summed E-state index contributed by atoms with van der Waals surface area (Å²) in [6, 6.07) is 14.3. The normalized spacial score (nSPS) is 11.8. The predicted octanol–water partition coefficient (Wildman–Crippen LogP) is 4.65. The molecule has 0 bridgehead atoms. The highest BCUT2D eigenvalue weighted by atomic mass is 32.2. The van der Waals surface area contributed by atoms with Gasteiger partial charge in [-0.2, -0.15) is 0 Å². The van der Waals surface area contributed by atoms with Gasteiger partial charge in [0.15, 0.2) is 0 Å². The van der Waals surface area contributed by atoms with Gasteiger partial charge in [-0.1, -0.05) is 24.3 Å². The molecule has 0 spiro atoms. The molecule has 0 aliphatic carbocycles. The first-order valence-electron chi connectivity index (χ1n) is 8.56. The Kier molecular flexibility index (Phi) is 4.08. The van der Waals surface area contributed by atoms with Crippen LogP contribution in [0.3, 0.4) is 0 Å². The number of para-hydroxylation sites is 1. The molecule has 0 fully saturated rings. The van der Waals surface area contributed by atoms with Crippen molar-refractivity contribution in [3.8, 4) is 0 Å². The Morgan fingerprint density at radius 3 is 2.29 bits per heavy atom. The number of aromatic amines is 1. The van der Waals surface area contributed by atoms with Gasteiger partial charge in [-0.05, 0) is 43.2 Å². The van der Waals surface area contributed by atoms with Gasteiger partial charge in [0.25, 0.3) is 15.7 Å². The molecule has 0 saturated carbocycles. The highest BCUT2D eigenvalue weighted by molar-refractivity contribution is 7.92. The third-order valence-electron chi connectivity index (χ3n) is 4.81. The maximum atomic E-state index is 12.8. The van der Waals surface area contributed by atoms with Crippen molar-refractivity contribution in [2.75, 3.05) is 4.72 Å². The largest absolute Gasteiger partial charge is 0.353 e. The first-order valence-corrected chi connectivity index (χ1v) is 10.0. The molecule has 1 heterocycles. The van der Waals surface area contributed by atoms with E-state index in [-0.39, 0.29) is 10.6 Å². The van der Waals surface area contributed by atoms with Crippen LogP contribution in [0.15, 0.2) is 59.5 Å². The molecular weight excluding hydrogens is 378 g/mol. The maximum Gasteiger partial charge on any atom is 0.269 e. The van der Waals surface area contributed by atoms with E-state index in [0.29, 0.717) is 11.2 Å². The molecule has 8 heteroatoms. The molecule has 0 unspecified atom stereocenters. The Bertz CT molecular complexity index is 1340. The number of fused-ring (bicyclic) bond motifs is 3. The highest BCUT2D eigenvalue weighted by Gasteiger charge is 2.19. The SMILES string of the molecule is Cc1ccc(C)c2c1[nH]c1c(NS(=O)(=O)c3ccc([N+](=O)[O-])cc3)cccc12. The van der Waals surface area contributed by atoms with Crippen molar-refractivity contribution >= 4 is 43.2 Å². The third-order valence-corrected chi connectivity index (χ3v) is 6.19. The molecule has 0 aliphatic heterocycles. The molecule has 0 atom stereocenters. The number of non-ortho nitro benzene ring substituents is 1. The van der Waals surface area contributed by atoms with Crippen molar-refractivity contribution in [2.24, 2.45) is 0 Å². The summed E-state index contributed by atoms with van der Waals surface area (Å²) in [7, 11) is -3.90. The molecule has 7 nitrogen and oxygen atoms in total. The van der Waals surface area contributed by atoms with E-state index in [0.717, 1.165) is 27.4 Å². The molecule has 2 N–H and O–H groups in total. The smallest absolute Gasteiger partial charge is 0.269 e. The number of H-pyrrole nitrogens is 1. The number of aromatic nitrogens is 1. The summed E-state index contributed by atoms with van der Waals surface area (Å²) in [4.78, 5) is 13.5. The summed E-state index contributed by atoms with van der Waals surface area (Å²) in [5.41, 5.74) is 4.09. The van der Waals surface area contributed by atoms with Crippen LogP contribution in [0.2, 0.25) is 0 Å². The summed E-state index contributed by atoms with van der Waals surface area (Å²) < 4.78 is 28.2. The van der Waals surface area contributed by atoms with Gasteiger partial charge in [-0.3, -0.25) is 14.8 Å². The molecule has 1 aromatic heterocycles. The van der Waals surface area contributed by atoms with Gasteiger partial charge in [0, 0.05) is 28.4 Å². The van der Waals surface area contributed by atoms with Crippen molar-refractivity contribution in [1.82, 2.24) is 4.98 Å². The Balaban J connectivity index is 1.82. The summed E-state index contributed by atoms with van der Waals surface area (Å²) in [6.45, 7) is 4.01. The fourth-order valence-electron chi connectivity index (χ4n) is 3.38. The Hall–Kier alpha value is -3.39. The van der Waals surface area contributed by atoms with Gasteiger partial charge in [-0.15, -0.1) is 0 Å². The molecule has 0 aliphatic rings. The van der Waals surface area contributed by atoms with Crippen molar-refractivity contribution in [1.29, 1.82) is 0 Å². The fourth-order valence-corrected chi connectivity index (χ4v) is 4.45. The maximum absolute atomic E-state index is 12.8. The predicted molar refractivity (Wildman–Crippen MR) is 109 cm³/mol. The minimum Gasteiger partial charge on any atom is -0.353 e. The minimum atomic E-state index is -3.90. The second-order valence-corrected chi connectivity index (χ2v) is 8.34. The number of nitro benzene ring substituents is 1. The van der Waals surface area contributed by atoms with Crippen LogP contribution in [0.1, 0.15) is 11.1 Å². The lowest BCUT2D eigenvalue weighted by Gasteiger charge is -2.09. The van der Waals surface area contributed by atoms with Crippen molar-refractivity contribution in [2.45, 2.75) is 18.7 Å². The second-order valence-electron chi connectivity index (χ2n) is 6.66. The van der Waals surface area contributed by atoms with Crippen LogP contribution in [0, 0.1) is 24.0 Å². The first kappa shape index (κ1) is 18.0. The van der Waals surface area contributed by atoms with E-state index < -0.39 is 14.9 Å². The minimum absolute atomic E-state index is 0.0430. The molecule has 28 heavy (non-hydrogen) atoms. The lowest BCUT2D eigenvalue weighted by atomic mass is 10.0. The molecular formula is C20H17N3O4S. The average Bonchev–Trinajstić information content (AvgIpc) is 3.07. The Labute approximate surface area is 161 Å². The number of nitro groups is 1. The number of aryl methyl sites for hydroxylation is 2. The van der Waals surface area contributed by atoms with E-state index in [1.165, 1.54) is 24.3 Å². The average molecular weight is 395 g/mol. The number of hydrogen-bond acceptors (Lipinski definition) is 4. The number of anilines is 1. The molecule has 4 rings (SSSR count). The van der Waals surface area contributed by atoms with Gasteiger partial charge in [0.05, 0.1) is 21.0 Å². The Morgan fingerprint density at radius 2 is 1.61 bits per heavy atom. The second kappa shape index (κ2) is 6.35. The van der Waals surface area contributed by atoms with Crippen LogP contribution in [-0.2, 0) is 10.0 Å². The molecule has 0 saturated heterocycles. The van der Waals surface area contributed by atoms with Crippen LogP contribution < -0.4 is 4.72 Å². The van der Waals surface area contributed by atoms with E-state index in [9.17, 15) is 18.5 Å². The highest BCUT2D eigenvalue weighted by Crippen LogP contribution is 2.34. The van der Waals surface area contributed by atoms with Gasteiger partial charge in [0.1, 0.15) is 0 Å². The summed E-state index contributed by atoms with van der Waals surface area (Å²) in [5.74, 6) is 0. The van der Waals surface area contributed by atoms with Crippen LogP contribution in [-0.4, -0.2) is 18.3 Å². The van der Waals surface area contributed by atoms with E-state index >= 15 is 0 Å². The zero-order valence-electron chi connectivity index (χ0n) is 15.2. The number of nitrogens with zero attached hydrogens (tertiary/aromatic N) is 1. The van der Waals surface area contributed by atoms with Crippen LogP contribution in [0.25, 0.3) is 21.8 Å². The van der Waals surface area contributed by atoms with Crippen LogP contribution in [0.5, 0.6) is 0 Å². The van der Waals surface area contributed by atoms with E-state index in [4.69, 9.17) is 0 Å². The lowest BCUT2D eigenvalue weighted by molar-refractivity contribution is -0.384. The standard InChI is InChI=1S/C20H17N3O4S/c1-12-6-7-13(2)19-18(12)16-4-3-5-17(20(16)21-19)22-28(26,27)15-10-8-14(9-11-15)23(24)25/h3-11,21-22H,1-2H3. The monoisotopic (exact) mass is 395 g/mol. The summed E-state index contributed by atoms with van der Waals surface area (Å²) in [5, 5.41) is 12.8. The third kappa shape index (κ3) is 2.87. The zero-order valence-corrected chi connectivity index (χ0v) is 16.0. The number of rotatable bonds is 4. The van der Waals surface area contributed by atoms with Crippen LogP contribution in [0.4, 0.5) is 11.4 Å². The van der Waals surface area contributed by atoms with Crippen LogP contribution >= 0.6 is 0 Å². The topological polar surface area (TPSA) is 105 Å². The number of hydrogen-bond donors (Lipinski definition) is 2. The number of sulfonamides is 1. The first-order chi connectivity index (χ1) is 13.3. The Morgan fingerprint density at radius 1 is 0.929 bits per heavy atom. The van der Waals surface area contributed by atoms with Gasteiger partial charge < -0.3 is 4.98 Å². The lowest BCUT2D eigenvalue weighted by Crippen LogP contribution is -2.13. The van der Waals surface area contributed by atoms with Gasteiger partial charge in [0.2, 0.25) is 0 Å². The van der Waals surface area contributed by atoms with Gasteiger partial charge in [-0.25, -0.2) is 8.42 Å². The van der Waals surface area contributed by atoms with E-state index in [1.54, 1.807) is 12.1 Å². The molecule has 3 aromatic carbocycles. The molecule has 142 valence electrons. The van der Waals surface area contributed by atoms with Crippen molar-refractivity contribution < 1.29 is 13.3 Å². The summed E-state index contributed by atoms with van der Waals surface area (Å²) in [6.07, 6.45) is 0. The van der Waals surface area contributed by atoms with E-state index in [1.807, 2.05) is 32.0 Å². The number of benzene rings is 3. The van der Waals surface area contributed by atoms with Crippen molar-refractivity contribution in [3.63, 3.8) is 0 Å². The quantitative estimate of drug-likeness (QED) is 0.388. The van der Waals surface area contributed by atoms with Crippen molar-refractivity contribution in [3.05, 3.63) is 75.8 Å². The van der Waals surface area contributed by atoms with Gasteiger partial charge >= 0.3 is 0 Å². The molecule has 4 aromatic rings. The molecule has 0 amide bonds. The van der Waals surface area contributed by atoms with E-state index in [2.05, 4.69) is 9.71 Å². The number of nitrogens with one attached hydrogen (secondary N) is 2. The molecule has 0 radical (unpaired) electrons. The zero-order chi connectivity index (χ0) is 20.1. The fraction of sp³-hybridized carbons (Fsp3) is 0.100.